The second-order valence-electron chi connectivity index (χ2n) is 4.54. The van der Waals surface area contributed by atoms with Crippen molar-refractivity contribution < 1.29 is 14.6 Å². The number of phenolic OH excluding ortho intramolecular Hbond substituents is 1. The summed E-state index contributed by atoms with van der Waals surface area (Å²) in [6.07, 6.45) is 4.03. The Kier molecular flexibility index (Phi) is 2.74. The molecule has 1 heterocycles. The van der Waals surface area contributed by atoms with E-state index in [0.29, 0.717) is 5.56 Å². The molecule has 0 amide bonds. The molecule has 0 radical (unpaired) electrons. The molecule has 0 saturated heterocycles. The summed E-state index contributed by atoms with van der Waals surface area (Å²) in [6, 6.07) is 2.03. The van der Waals surface area contributed by atoms with Crippen molar-refractivity contribution in [1.82, 2.24) is 0 Å². The van der Waals surface area contributed by atoms with Gasteiger partial charge in [0.2, 0.25) is 0 Å². The zero-order chi connectivity index (χ0) is 12.7. The predicted molar refractivity (Wildman–Crippen MR) is 71.5 cm³/mol. The van der Waals surface area contributed by atoms with Crippen molar-refractivity contribution in [3.63, 3.8) is 0 Å². The number of carbonyl (C=O) groups excluding carboxylic acids is 1. The Morgan fingerprint density at radius 2 is 2.06 bits per heavy atom. The summed E-state index contributed by atoms with van der Waals surface area (Å²) < 4.78 is 5.62. The van der Waals surface area contributed by atoms with Crippen LogP contribution in [0.1, 0.15) is 34.3 Å². The fourth-order valence-electron chi connectivity index (χ4n) is 2.79. The van der Waals surface area contributed by atoms with Crippen molar-refractivity contribution in [1.29, 1.82) is 0 Å². The number of aryl methyl sites for hydroxylation is 1. The van der Waals surface area contributed by atoms with Crippen molar-refractivity contribution in [2.45, 2.75) is 25.7 Å². The molecule has 2 aromatic rings. The van der Waals surface area contributed by atoms with Crippen LogP contribution in [0.5, 0.6) is 5.75 Å². The normalized spacial score (nSPS) is 14.5. The second kappa shape index (κ2) is 4.28. The summed E-state index contributed by atoms with van der Waals surface area (Å²) >= 11 is 1.47. The lowest BCUT2D eigenvalue weighted by Gasteiger charge is -2.20. The Morgan fingerprint density at radius 1 is 1.33 bits per heavy atom. The molecular formula is C14H14O3S. The molecule has 94 valence electrons. The van der Waals surface area contributed by atoms with Gasteiger partial charge < -0.3 is 9.84 Å². The first-order chi connectivity index (χ1) is 8.74. The van der Waals surface area contributed by atoms with Crippen LogP contribution in [0.2, 0.25) is 0 Å². The molecule has 1 aliphatic carbocycles. The van der Waals surface area contributed by atoms with E-state index < -0.39 is 5.97 Å². The molecule has 0 atom stereocenters. The summed E-state index contributed by atoms with van der Waals surface area (Å²) in [5.74, 6) is -0.339. The summed E-state index contributed by atoms with van der Waals surface area (Å²) in [5.41, 5.74) is 2.58. The van der Waals surface area contributed by atoms with Crippen LogP contribution in [0.4, 0.5) is 0 Å². The Balaban J connectivity index is 2.39. The zero-order valence-electron chi connectivity index (χ0n) is 10.2. The van der Waals surface area contributed by atoms with Gasteiger partial charge in [0, 0.05) is 0 Å². The summed E-state index contributed by atoms with van der Waals surface area (Å²) in [4.78, 5) is 11.9. The zero-order valence-corrected chi connectivity index (χ0v) is 11.0. The Morgan fingerprint density at radius 3 is 2.78 bits per heavy atom. The van der Waals surface area contributed by atoms with Crippen molar-refractivity contribution >= 4 is 27.4 Å². The molecule has 1 N–H and O–H groups in total. The SMILES string of the molecule is COC(=O)c1c2c(c3ccsc3c1O)CCCC2. The average molecular weight is 262 g/mol. The predicted octanol–water partition coefficient (Wildman–Crippen LogP) is 3.27. The maximum atomic E-state index is 11.9. The topological polar surface area (TPSA) is 46.5 Å². The van der Waals surface area contributed by atoms with E-state index >= 15 is 0 Å². The lowest BCUT2D eigenvalue weighted by atomic mass is 9.85. The number of rotatable bonds is 1. The Labute approximate surface area is 109 Å². The number of ether oxygens (including phenoxy) is 1. The molecule has 0 bridgehead atoms. The van der Waals surface area contributed by atoms with E-state index in [9.17, 15) is 9.90 Å². The molecule has 1 aliphatic rings. The largest absolute Gasteiger partial charge is 0.506 e. The molecule has 3 nitrogen and oxygen atoms in total. The van der Waals surface area contributed by atoms with Crippen LogP contribution in [0.3, 0.4) is 0 Å². The van der Waals surface area contributed by atoms with Gasteiger partial charge in [0.05, 0.1) is 11.8 Å². The number of phenols is 1. The molecule has 1 aromatic carbocycles. The van der Waals surface area contributed by atoms with Crippen molar-refractivity contribution in [3.8, 4) is 5.75 Å². The molecular weight excluding hydrogens is 248 g/mol. The third-order valence-corrected chi connectivity index (χ3v) is 4.52. The number of hydrogen-bond acceptors (Lipinski definition) is 4. The standard InChI is InChI=1S/C14H14O3S/c1-17-14(16)11-9-5-3-2-4-8(9)10-6-7-18-13(10)12(11)15/h6-7,15H,2-5H2,1H3. The van der Waals surface area contributed by atoms with Gasteiger partial charge in [-0.3, -0.25) is 0 Å². The van der Waals surface area contributed by atoms with E-state index in [-0.39, 0.29) is 5.75 Å². The maximum Gasteiger partial charge on any atom is 0.341 e. The van der Waals surface area contributed by atoms with Crippen LogP contribution in [0, 0.1) is 0 Å². The molecule has 0 fully saturated rings. The van der Waals surface area contributed by atoms with Crippen LogP contribution < -0.4 is 0 Å². The van der Waals surface area contributed by atoms with E-state index in [1.807, 2.05) is 11.4 Å². The van der Waals surface area contributed by atoms with Gasteiger partial charge in [-0.25, -0.2) is 4.79 Å². The third kappa shape index (κ3) is 1.52. The molecule has 18 heavy (non-hydrogen) atoms. The summed E-state index contributed by atoms with van der Waals surface area (Å²) in [6.45, 7) is 0. The van der Waals surface area contributed by atoms with E-state index in [1.165, 1.54) is 24.0 Å². The van der Waals surface area contributed by atoms with Gasteiger partial charge in [-0.05, 0) is 53.6 Å². The van der Waals surface area contributed by atoms with Crippen LogP contribution in [-0.2, 0) is 17.6 Å². The minimum absolute atomic E-state index is 0.0903. The highest BCUT2D eigenvalue weighted by atomic mass is 32.1. The van der Waals surface area contributed by atoms with Crippen molar-refractivity contribution in [2.75, 3.05) is 7.11 Å². The van der Waals surface area contributed by atoms with Crippen molar-refractivity contribution in [2.24, 2.45) is 0 Å². The lowest BCUT2D eigenvalue weighted by Crippen LogP contribution is -2.12. The molecule has 3 rings (SSSR count). The van der Waals surface area contributed by atoms with Crippen LogP contribution in [0.25, 0.3) is 10.1 Å². The van der Waals surface area contributed by atoms with Crippen molar-refractivity contribution in [3.05, 3.63) is 28.1 Å². The number of aromatic hydroxyl groups is 1. The molecule has 0 aliphatic heterocycles. The molecule has 0 spiro atoms. The fourth-order valence-corrected chi connectivity index (χ4v) is 3.66. The molecule has 4 heteroatoms. The van der Waals surface area contributed by atoms with Crippen LogP contribution in [0.15, 0.2) is 11.4 Å². The number of methoxy groups -OCH3 is 1. The van der Waals surface area contributed by atoms with Gasteiger partial charge in [0.1, 0.15) is 11.3 Å². The first-order valence-electron chi connectivity index (χ1n) is 6.06. The smallest absolute Gasteiger partial charge is 0.341 e. The van der Waals surface area contributed by atoms with E-state index in [4.69, 9.17) is 4.74 Å². The highest BCUT2D eigenvalue weighted by Gasteiger charge is 2.26. The number of fused-ring (bicyclic) bond motifs is 3. The monoisotopic (exact) mass is 262 g/mol. The third-order valence-electron chi connectivity index (χ3n) is 3.60. The van der Waals surface area contributed by atoms with Gasteiger partial charge in [-0.1, -0.05) is 0 Å². The molecule has 0 saturated carbocycles. The second-order valence-corrected chi connectivity index (χ2v) is 5.46. The average Bonchev–Trinajstić information content (AvgIpc) is 2.88. The number of thiophene rings is 1. The minimum Gasteiger partial charge on any atom is -0.506 e. The highest BCUT2D eigenvalue weighted by molar-refractivity contribution is 7.17. The van der Waals surface area contributed by atoms with Gasteiger partial charge in [0.15, 0.2) is 0 Å². The summed E-state index contributed by atoms with van der Waals surface area (Å²) in [7, 11) is 1.36. The van der Waals surface area contributed by atoms with Gasteiger partial charge in [-0.15, -0.1) is 11.3 Å². The molecule has 0 unspecified atom stereocenters. The van der Waals surface area contributed by atoms with Gasteiger partial charge >= 0.3 is 5.97 Å². The number of hydrogen-bond donors (Lipinski definition) is 1. The highest BCUT2D eigenvalue weighted by Crippen LogP contribution is 2.41. The van der Waals surface area contributed by atoms with Gasteiger partial charge in [0.25, 0.3) is 0 Å². The Bertz CT molecular complexity index is 627. The maximum absolute atomic E-state index is 11.9. The quantitative estimate of drug-likeness (QED) is 0.802. The molecule has 1 aromatic heterocycles. The minimum atomic E-state index is -0.430. The van der Waals surface area contributed by atoms with Crippen LogP contribution >= 0.6 is 11.3 Å². The Hall–Kier alpha value is -1.55. The summed E-state index contributed by atoms with van der Waals surface area (Å²) in [5, 5.41) is 13.4. The van der Waals surface area contributed by atoms with E-state index in [2.05, 4.69) is 0 Å². The van der Waals surface area contributed by atoms with Gasteiger partial charge in [-0.2, -0.15) is 0 Å². The van der Waals surface area contributed by atoms with E-state index in [0.717, 1.165) is 41.3 Å². The number of benzene rings is 1. The number of esters is 1. The first-order valence-corrected chi connectivity index (χ1v) is 6.94. The number of carbonyl (C=O) groups is 1. The van der Waals surface area contributed by atoms with E-state index in [1.54, 1.807) is 0 Å². The lowest BCUT2D eigenvalue weighted by molar-refractivity contribution is 0.0596. The van der Waals surface area contributed by atoms with Crippen LogP contribution in [-0.4, -0.2) is 18.2 Å². The first kappa shape index (κ1) is 11.5. The fraction of sp³-hybridized carbons (Fsp3) is 0.357.